The van der Waals surface area contributed by atoms with Gasteiger partial charge >= 0.3 is 0 Å². The van der Waals surface area contributed by atoms with Crippen molar-refractivity contribution in [2.24, 2.45) is 5.10 Å². The second-order valence-electron chi connectivity index (χ2n) is 5.93. The Kier molecular flexibility index (Phi) is 7.02. The molecule has 0 saturated heterocycles. The fraction of sp³-hybridized carbons (Fsp3) is 0.300. The fourth-order valence-corrected chi connectivity index (χ4v) is 2.49. The molecule has 0 fully saturated rings. The molecular formula is C20H26N4O2. The molecule has 6 nitrogen and oxygen atoms in total. The molecule has 0 aromatic heterocycles. The number of phenols is 1. The van der Waals surface area contributed by atoms with Gasteiger partial charge in [-0.1, -0.05) is 17.7 Å². The Bertz CT molecular complexity index is 753. The molecule has 0 saturated carbocycles. The van der Waals surface area contributed by atoms with Crippen molar-refractivity contribution in [2.45, 2.75) is 20.8 Å². The lowest BCUT2D eigenvalue weighted by Gasteiger charge is -2.21. The number of nitrogens with zero attached hydrogens (tertiary/aromatic N) is 2. The number of benzene rings is 2. The minimum Gasteiger partial charge on any atom is -0.507 e. The summed E-state index contributed by atoms with van der Waals surface area (Å²) in [6.45, 7) is 8.00. The van der Waals surface area contributed by atoms with E-state index < -0.39 is 0 Å². The van der Waals surface area contributed by atoms with Gasteiger partial charge in [-0.2, -0.15) is 5.10 Å². The van der Waals surface area contributed by atoms with Gasteiger partial charge in [0, 0.05) is 36.1 Å². The second kappa shape index (κ2) is 9.46. The average molecular weight is 354 g/mol. The van der Waals surface area contributed by atoms with E-state index in [4.69, 9.17) is 0 Å². The van der Waals surface area contributed by atoms with Crippen LogP contribution in [0.25, 0.3) is 0 Å². The van der Waals surface area contributed by atoms with Gasteiger partial charge in [-0.3, -0.25) is 4.79 Å². The zero-order valence-electron chi connectivity index (χ0n) is 15.5. The van der Waals surface area contributed by atoms with Crippen LogP contribution in [0.1, 0.15) is 25.0 Å². The van der Waals surface area contributed by atoms with Crippen LogP contribution in [0.3, 0.4) is 0 Å². The van der Waals surface area contributed by atoms with E-state index in [9.17, 15) is 9.90 Å². The number of hydrazone groups is 1. The van der Waals surface area contributed by atoms with Gasteiger partial charge < -0.3 is 15.3 Å². The Balaban J connectivity index is 1.87. The maximum atomic E-state index is 11.8. The van der Waals surface area contributed by atoms with Gasteiger partial charge in [0.05, 0.1) is 12.8 Å². The number of hydrogen-bond donors (Lipinski definition) is 3. The van der Waals surface area contributed by atoms with Gasteiger partial charge in [-0.25, -0.2) is 5.43 Å². The molecule has 2 rings (SSSR count). The van der Waals surface area contributed by atoms with Gasteiger partial charge in [0.25, 0.3) is 5.91 Å². The van der Waals surface area contributed by atoms with Crippen molar-refractivity contribution >= 4 is 23.5 Å². The third-order valence-electron chi connectivity index (χ3n) is 4.04. The third-order valence-corrected chi connectivity index (χ3v) is 4.04. The number of amides is 1. The van der Waals surface area contributed by atoms with E-state index in [1.807, 2.05) is 37.3 Å². The van der Waals surface area contributed by atoms with Crippen LogP contribution in [0.5, 0.6) is 5.75 Å². The Hall–Kier alpha value is -3.02. The molecule has 2 aromatic rings. The van der Waals surface area contributed by atoms with E-state index in [2.05, 4.69) is 34.6 Å². The summed E-state index contributed by atoms with van der Waals surface area (Å²) < 4.78 is 0. The first-order valence-electron chi connectivity index (χ1n) is 8.73. The zero-order valence-corrected chi connectivity index (χ0v) is 15.5. The van der Waals surface area contributed by atoms with Crippen molar-refractivity contribution in [3.05, 3.63) is 53.6 Å². The molecule has 1 amide bonds. The SMILES string of the molecule is CCN(CC)c1ccc(/C=N\NC(=O)CNc2ccc(C)cc2)c(O)c1. The monoisotopic (exact) mass is 354 g/mol. The minimum absolute atomic E-state index is 0.118. The van der Waals surface area contributed by atoms with Gasteiger partial charge in [0.1, 0.15) is 5.75 Å². The Morgan fingerprint density at radius 2 is 1.85 bits per heavy atom. The molecule has 0 atom stereocenters. The molecule has 26 heavy (non-hydrogen) atoms. The van der Waals surface area contributed by atoms with Crippen LogP contribution >= 0.6 is 0 Å². The average Bonchev–Trinajstić information content (AvgIpc) is 2.64. The van der Waals surface area contributed by atoms with E-state index >= 15 is 0 Å². The quantitative estimate of drug-likeness (QED) is 0.503. The Morgan fingerprint density at radius 1 is 1.15 bits per heavy atom. The van der Waals surface area contributed by atoms with E-state index in [1.165, 1.54) is 6.21 Å². The van der Waals surface area contributed by atoms with E-state index in [1.54, 1.807) is 12.1 Å². The molecule has 138 valence electrons. The number of anilines is 2. The van der Waals surface area contributed by atoms with Gasteiger partial charge in [0.15, 0.2) is 0 Å². The number of hydrogen-bond acceptors (Lipinski definition) is 5. The first-order chi connectivity index (χ1) is 12.5. The summed E-state index contributed by atoms with van der Waals surface area (Å²) in [5, 5.41) is 17.1. The maximum absolute atomic E-state index is 11.8. The molecule has 0 radical (unpaired) electrons. The predicted molar refractivity (Wildman–Crippen MR) is 107 cm³/mol. The number of nitrogens with one attached hydrogen (secondary N) is 2. The third kappa shape index (κ3) is 5.51. The Morgan fingerprint density at radius 3 is 2.46 bits per heavy atom. The largest absolute Gasteiger partial charge is 0.507 e. The highest BCUT2D eigenvalue weighted by atomic mass is 16.3. The second-order valence-corrected chi connectivity index (χ2v) is 5.93. The maximum Gasteiger partial charge on any atom is 0.259 e. The van der Waals surface area contributed by atoms with E-state index in [-0.39, 0.29) is 18.2 Å². The van der Waals surface area contributed by atoms with Crippen molar-refractivity contribution in [1.82, 2.24) is 5.43 Å². The van der Waals surface area contributed by atoms with Gasteiger partial charge in [-0.15, -0.1) is 0 Å². The predicted octanol–water partition coefficient (Wildman–Crippen LogP) is 3.11. The highest BCUT2D eigenvalue weighted by Gasteiger charge is 2.06. The van der Waals surface area contributed by atoms with Crippen molar-refractivity contribution in [1.29, 1.82) is 0 Å². The van der Waals surface area contributed by atoms with Crippen molar-refractivity contribution in [3.63, 3.8) is 0 Å². The first kappa shape index (κ1) is 19.3. The molecule has 3 N–H and O–H groups in total. The lowest BCUT2D eigenvalue weighted by atomic mass is 10.2. The molecule has 0 heterocycles. The molecule has 0 aliphatic heterocycles. The topological polar surface area (TPSA) is 77.0 Å². The number of aromatic hydroxyl groups is 1. The lowest BCUT2D eigenvalue weighted by Crippen LogP contribution is -2.25. The molecule has 6 heteroatoms. The molecule has 0 aliphatic carbocycles. The van der Waals surface area contributed by atoms with Crippen LogP contribution in [-0.2, 0) is 4.79 Å². The first-order valence-corrected chi connectivity index (χ1v) is 8.73. The minimum atomic E-state index is -0.263. The van der Waals surface area contributed by atoms with Crippen LogP contribution in [0.2, 0.25) is 0 Å². The van der Waals surface area contributed by atoms with Crippen LogP contribution in [0.4, 0.5) is 11.4 Å². The van der Waals surface area contributed by atoms with Crippen LogP contribution in [0, 0.1) is 6.92 Å². The fourth-order valence-electron chi connectivity index (χ4n) is 2.49. The van der Waals surface area contributed by atoms with Crippen LogP contribution in [0.15, 0.2) is 47.6 Å². The van der Waals surface area contributed by atoms with Crippen molar-refractivity contribution in [2.75, 3.05) is 29.9 Å². The van der Waals surface area contributed by atoms with E-state index in [0.29, 0.717) is 5.56 Å². The van der Waals surface area contributed by atoms with Crippen LogP contribution in [-0.4, -0.2) is 36.9 Å². The number of phenolic OH excluding ortho intramolecular Hbond substituents is 1. The number of aryl methyl sites for hydroxylation is 1. The zero-order chi connectivity index (χ0) is 18.9. The molecule has 0 unspecified atom stereocenters. The van der Waals surface area contributed by atoms with Crippen molar-refractivity contribution in [3.8, 4) is 5.75 Å². The van der Waals surface area contributed by atoms with Crippen LogP contribution < -0.4 is 15.6 Å². The van der Waals surface area contributed by atoms with E-state index in [0.717, 1.165) is 30.0 Å². The molecule has 0 bridgehead atoms. The summed E-state index contributed by atoms with van der Waals surface area (Å²) >= 11 is 0. The summed E-state index contributed by atoms with van der Waals surface area (Å²) in [5.74, 6) is -0.133. The number of carbonyl (C=O) groups is 1. The highest BCUT2D eigenvalue weighted by molar-refractivity contribution is 5.86. The smallest absolute Gasteiger partial charge is 0.259 e. The summed E-state index contributed by atoms with van der Waals surface area (Å²) in [5.41, 5.74) is 5.99. The summed E-state index contributed by atoms with van der Waals surface area (Å²) in [4.78, 5) is 14.0. The molecule has 2 aromatic carbocycles. The standard InChI is InChI=1S/C20H26N4O2/c1-4-24(5-2)18-11-8-16(19(25)12-18)13-22-23-20(26)14-21-17-9-6-15(3)7-10-17/h6-13,21,25H,4-5,14H2,1-3H3,(H,23,26)/b22-13-. The summed E-state index contributed by atoms with van der Waals surface area (Å²) in [7, 11) is 0. The summed E-state index contributed by atoms with van der Waals surface area (Å²) in [6, 6.07) is 13.2. The number of carbonyl (C=O) groups excluding carboxylic acids is 1. The molecule has 0 spiro atoms. The molecule has 0 aliphatic rings. The lowest BCUT2D eigenvalue weighted by molar-refractivity contribution is -0.119. The van der Waals surface area contributed by atoms with Gasteiger partial charge in [-0.05, 0) is 45.0 Å². The highest BCUT2D eigenvalue weighted by Crippen LogP contribution is 2.23. The van der Waals surface area contributed by atoms with Gasteiger partial charge in [0.2, 0.25) is 0 Å². The Labute approximate surface area is 154 Å². The van der Waals surface area contributed by atoms with Crippen molar-refractivity contribution < 1.29 is 9.90 Å². The number of rotatable bonds is 8. The normalized spacial score (nSPS) is 10.7. The summed E-state index contributed by atoms with van der Waals surface area (Å²) in [6.07, 6.45) is 1.44. The molecular weight excluding hydrogens is 328 g/mol.